The second-order valence-corrected chi connectivity index (χ2v) is 8.93. The van der Waals surface area contributed by atoms with Gasteiger partial charge in [0.15, 0.2) is 0 Å². The summed E-state index contributed by atoms with van der Waals surface area (Å²) in [5.74, 6) is 0. The van der Waals surface area contributed by atoms with Gasteiger partial charge in [0.2, 0.25) is 0 Å². The molecule has 0 unspecified atom stereocenters. The van der Waals surface area contributed by atoms with E-state index >= 15 is 0 Å². The van der Waals surface area contributed by atoms with Crippen LogP contribution in [0.3, 0.4) is 0 Å². The Morgan fingerprint density at radius 3 is 1.67 bits per heavy atom. The van der Waals surface area contributed by atoms with Gasteiger partial charge in [0.1, 0.15) is 0 Å². The molecular weight excluding hydrogens is 432 g/mol. The minimum Gasteiger partial charge on any atom is -0.0683 e. The molecule has 0 nitrogen and oxygen atoms in total. The summed E-state index contributed by atoms with van der Waals surface area (Å²) in [6.45, 7) is 8.00. The van der Waals surface area contributed by atoms with Gasteiger partial charge in [-0.05, 0) is 78.5 Å². The second kappa shape index (κ2) is 10.4. The fourth-order valence-electron chi connectivity index (χ4n) is 5.67. The Morgan fingerprint density at radius 1 is 0.472 bits per heavy atom. The highest BCUT2D eigenvalue weighted by Crippen LogP contribution is 2.39. The molecular formula is C36H34. The SMILES string of the molecule is CC.CC.c1ccc2c(c1)Cc1c(Cc3ccc4c5ccccc5c5ccccc5c4c3)cccc1-2. The van der Waals surface area contributed by atoms with Crippen LogP contribution in [0.25, 0.3) is 43.4 Å². The minimum atomic E-state index is 0.967. The van der Waals surface area contributed by atoms with Crippen LogP contribution in [0.15, 0.2) is 109 Å². The predicted molar refractivity (Wildman–Crippen MR) is 159 cm³/mol. The van der Waals surface area contributed by atoms with E-state index < -0.39 is 0 Å². The van der Waals surface area contributed by atoms with Crippen molar-refractivity contribution in [2.24, 2.45) is 0 Å². The lowest BCUT2D eigenvalue weighted by Crippen LogP contribution is -1.95. The van der Waals surface area contributed by atoms with Crippen molar-refractivity contribution in [3.8, 4) is 11.1 Å². The van der Waals surface area contributed by atoms with Gasteiger partial charge in [0.25, 0.3) is 0 Å². The molecule has 0 amide bonds. The highest BCUT2D eigenvalue weighted by atomic mass is 14.2. The molecule has 0 aliphatic heterocycles. The molecule has 0 bridgehead atoms. The van der Waals surface area contributed by atoms with E-state index in [1.54, 1.807) is 0 Å². The van der Waals surface area contributed by atoms with E-state index in [-0.39, 0.29) is 0 Å². The molecule has 0 radical (unpaired) electrons. The fourth-order valence-corrected chi connectivity index (χ4v) is 5.67. The van der Waals surface area contributed by atoms with Crippen LogP contribution in [-0.4, -0.2) is 0 Å². The Bertz CT molecular complexity index is 1630. The van der Waals surface area contributed by atoms with Gasteiger partial charge in [-0.1, -0.05) is 137 Å². The summed E-state index contributed by atoms with van der Waals surface area (Å²) in [6, 6.07) is 40.4. The van der Waals surface area contributed by atoms with Crippen LogP contribution < -0.4 is 0 Å². The molecule has 0 heteroatoms. The highest BCUT2D eigenvalue weighted by molar-refractivity contribution is 6.25. The van der Waals surface area contributed by atoms with Crippen LogP contribution in [0.5, 0.6) is 0 Å². The molecule has 6 aromatic rings. The first-order chi connectivity index (χ1) is 17.9. The van der Waals surface area contributed by atoms with Gasteiger partial charge in [0, 0.05) is 0 Å². The van der Waals surface area contributed by atoms with E-state index in [1.165, 1.54) is 65.7 Å². The van der Waals surface area contributed by atoms with E-state index in [2.05, 4.69) is 109 Å². The lowest BCUT2D eigenvalue weighted by molar-refractivity contribution is 1.13. The van der Waals surface area contributed by atoms with E-state index in [9.17, 15) is 0 Å². The molecule has 0 N–H and O–H groups in total. The maximum atomic E-state index is 2.42. The Labute approximate surface area is 215 Å². The molecule has 0 aromatic heterocycles. The normalized spacial score (nSPS) is 11.3. The lowest BCUT2D eigenvalue weighted by Gasteiger charge is -2.13. The van der Waals surface area contributed by atoms with Crippen molar-refractivity contribution in [1.82, 2.24) is 0 Å². The third-order valence-electron chi connectivity index (χ3n) is 7.15. The second-order valence-electron chi connectivity index (χ2n) is 8.93. The zero-order chi connectivity index (χ0) is 25.1. The monoisotopic (exact) mass is 466 g/mol. The summed E-state index contributed by atoms with van der Waals surface area (Å²) in [4.78, 5) is 0. The first-order valence-corrected chi connectivity index (χ1v) is 13.4. The molecule has 36 heavy (non-hydrogen) atoms. The van der Waals surface area contributed by atoms with Crippen molar-refractivity contribution >= 4 is 32.3 Å². The van der Waals surface area contributed by atoms with E-state index in [1.807, 2.05) is 27.7 Å². The zero-order valence-corrected chi connectivity index (χ0v) is 21.8. The average Bonchev–Trinajstić information content (AvgIpc) is 3.35. The maximum Gasteiger partial charge on any atom is -0.00106 e. The molecule has 0 fully saturated rings. The quantitative estimate of drug-likeness (QED) is 0.222. The Morgan fingerprint density at radius 2 is 1.00 bits per heavy atom. The van der Waals surface area contributed by atoms with Gasteiger partial charge < -0.3 is 0 Å². The third kappa shape index (κ3) is 3.97. The first-order valence-electron chi connectivity index (χ1n) is 13.4. The lowest BCUT2D eigenvalue weighted by atomic mass is 9.91. The summed E-state index contributed by atoms with van der Waals surface area (Å²) in [6.07, 6.45) is 2.01. The van der Waals surface area contributed by atoms with Crippen LogP contribution in [0, 0.1) is 0 Å². The van der Waals surface area contributed by atoms with Gasteiger partial charge in [0.05, 0.1) is 0 Å². The molecule has 178 valence electrons. The first kappa shape index (κ1) is 23.8. The molecule has 6 aromatic carbocycles. The minimum absolute atomic E-state index is 0.967. The summed E-state index contributed by atoms with van der Waals surface area (Å²) in [7, 11) is 0. The topological polar surface area (TPSA) is 0 Å². The van der Waals surface area contributed by atoms with Gasteiger partial charge in [-0.3, -0.25) is 0 Å². The van der Waals surface area contributed by atoms with Crippen molar-refractivity contribution in [2.75, 3.05) is 0 Å². The maximum absolute atomic E-state index is 2.42. The van der Waals surface area contributed by atoms with Gasteiger partial charge in [-0.2, -0.15) is 0 Å². The Balaban J connectivity index is 0.000000637. The van der Waals surface area contributed by atoms with Crippen LogP contribution in [0.4, 0.5) is 0 Å². The standard InChI is InChI=1S/C32H22.2C2H6/c1-2-10-24-23(8-1)20-31-22(9-7-15-25(24)31)18-21-16-17-30-28-13-4-3-11-26(28)27-12-5-6-14-29(27)32(30)19-21;2*1-2/h1-17,19H,18,20H2;2*1-2H3. The fraction of sp³-hybridized carbons (Fsp3) is 0.167. The Hall–Kier alpha value is -3.90. The number of fused-ring (bicyclic) bond motifs is 9. The molecule has 7 rings (SSSR count). The summed E-state index contributed by atoms with van der Waals surface area (Å²) < 4.78 is 0. The highest BCUT2D eigenvalue weighted by Gasteiger charge is 2.20. The number of hydrogen-bond donors (Lipinski definition) is 0. The predicted octanol–water partition coefficient (Wildman–Crippen LogP) is 10.4. The van der Waals surface area contributed by atoms with Gasteiger partial charge >= 0.3 is 0 Å². The van der Waals surface area contributed by atoms with Crippen LogP contribution in [0.1, 0.15) is 49.9 Å². The third-order valence-corrected chi connectivity index (χ3v) is 7.15. The number of benzene rings is 6. The van der Waals surface area contributed by atoms with Crippen LogP contribution in [0.2, 0.25) is 0 Å². The molecule has 1 aliphatic rings. The molecule has 0 spiro atoms. The van der Waals surface area contributed by atoms with Crippen molar-refractivity contribution < 1.29 is 0 Å². The van der Waals surface area contributed by atoms with E-state index in [0.29, 0.717) is 0 Å². The summed E-state index contributed by atoms with van der Waals surface area (Å²) >= 11 is 0. The average molecular weight is 467 g/mol. The largest absolute Gasteiger partial charge is 0.0683 e. The number of hydrogen-bond acceptors (Lipinski definition) is 0. The summed E-state index contributed by atoms with van der Waals surface area (Å²) in [5, 5.41) is 8.05. The molecule has 1 aliphatic carbocycles. The van der Waals surface area contributed by atoms with Crippen LogP contribution in [-0.2, 0) is 12.8 Å². The van der Waals surface area contributed by atoms with Gasteiger partial charge in [-0.25, -0.2) is 0 Å². The Kier molecular flexibility index (Phi) is 6.87. The van der Waals surface area contributed by atoms with E-state index in [0.717, 1.165) is 12.8 Å². The van der Waals surface area contributed by atoms with Crippen molar-refractivity contribution in [3.05, 3.63) is 131 Å². The molecule has 0 atom stereocenters. The number of rotatable bonds is 2. The molecule has 0 saturated heterocycles. The van der Waals surface area contributed by atoms with Crippen molar-refractivity contribution in [1.29, 1.82) is 0 Å². The van der Waals surface area contributed by atoms with E-state index in [4.69, 9.17) is 0 Å². The van der Waals surface area contributed by atoms with Crippen molar-refractivity contribution in [3.63, 3.8) is 0 Å². The van der Waals surface area contributed by atoms with Crippen LogP contribution >= 0.6 is 0 Å². The molecule has 0 saturated carbocycles. The molecule has 0 heterocycles. The zero-order valence-electron chi connectivity index (χ0n) is 21.8. The van der Waals surface area contributed by atoms with Crippen molar-refractivity contribution in [2.45, 2.75) is 40.5 Å². The smallest absolute Gasteiger partial charge is 0.00106 e. The van der Waals surface area contributed by atoms with Gasteiger partial charge in [-0.15, -0.1) is 0 Å². The summed E-state index contributed by atoms with van der Waals surface area (Å²) in [5.41, 5.74) is 8.59.